The van der Waals surface area contributed by atoms with Crippen LogP contribution in [0.2, 0.25) is 0 Å². The third kappa shape index (κ3) is 3.20. The van der Waals surface area contributed by atoms with Gasteiger partial charge in [0.2, 0.25) is 0 Å². The maximum Gasteiger partial charge on any atom is 0.331 e. The van der Waals surface area contributed by atoms with E-state index in [1.165, 1.54) is 6.08 Å². The minimum absolute atomic E-state index is 0.267. The predicted octanol–water partition coefficient (Wildman–Crippen LogP) is 2.72. The molecule has 0 spiro atoms. The lowest BCUT2D eigenvalue weighted by atomic mass is 10.2. The molecule has 3 rings (SSSR count). The number of fused-ring (bicyclic) bond motifs is 1. The number of nitrogens with zero attached hydrogens (tertiary/aromatic N) is 3. The molecule has 0 saturated heterocycles. The predicted molar refractivity (Wildman–Crippen MR) is 83.8 cm³/mol. The van der Waals surface area contributed by atoms with Gasteiger partial charge in [-0.15, -0.1) is 0 Å². The Balaban J connectivity index is 1.64. The molecule has 0 N–H and O–H groups in total. The van der Waals surface area contributed by atoms with Crippen molar-refractivity contribution < 1.29 is 9.53 Å². The summed E-state index contributed by atoms with van der Waals surface area (Å²) in [6.07, 6.45) is 6.48. The summed E-state index contributed by atoms with van der Waals surface area (Å²) in [7, 11) is 1.90. The van der Waals surface area contributed by atoms with Crippen LogP contribution in [0.3, 0.4) is 0 Å². The molecule has 0 radical (unpaired) electrons. The van der Waals surface area contributed by atoms with Crippen LogP contribution >= 0.6 is 0 Å². The molecule has 0 aliphatic carbocycles. The number of rotatable bonds is 4. The van der Waals surface area contributed by atoms with Crippen molar-refractivity contribution in [3.8, 4) is 0 Å². The van der Waals surface area contributed by atoms with E-state index in [1.54, 1.807) is 18.6 Å². The smallest absolute Gasteiger partial charge is 0.331 e. The zero-order valence-corrected chi connectivity index (χ0v) is 12.1. The van der Waals surface area contributed by atoms with E-state index in [4.69, 9.17) is 4.74 Å². The maximum atomic E-state index is 11.7. The SMILES string of the molecule is Cn1cnc2ncc(/C=C\C(=O)OCc3ccccc3)cc21. The Bertz CT molecular complexity index is 822. The van der Waals surface area contributed by atoms with Gasteiger partial charge in [-0.2, -0.15) is 0 Å². The number of aryl methyl sites for hydroxylation is 1. The molecular weight excluding hydrogens is 278 g/mol. The van der Waals surface area contributed by atoms with E-state index in [2.05, 4.69) is 9.97 Å². The van der Waals surface area contributed by atoms with Crippen LogP contribution in [-0.4, -0.2) is 20.5 Å². The Morgan fingerprint density at radius 3 is 2.91 bits per heavy atom. The van der Waals surface area contributed by atoms with Gasteiger partial charge < -0.3 is 9.30 Å². The molecule has 2 aromatic heterocycles. The quantitative estimate of drug-likeness (QED) is 0.548. The number of carbonyl (C=O) groups excluding carboxylic acids is 1. The average molecular weight is 293 g/mol. The lowest BCUT2D eigenvalue weighted by molar-refractivity contribution is -0.138. The van der Waals surface area contributed by atoms with Crippen molar-refractivity contribution in [1.29, 1.82) is 0 Å². The largest absolute Gasteiger partial charge is 0.458 e. The highest BCUT2D eigenvalue weighted by molar-refractivity contribution is 5.87. The molecule has 0 aliphatic heterocycles. The number of esters is 1. The first-order valence-electron chi connectivity index (χ1n) is 6.88. The summed E-state index contributed by atoms with van der Waals surface area (Å²) in [5.41, 5.74) is 3.39. The molecule has 3 aromatic rings. The molecule has 5 heteroatoms. The van der Waals surface area contributed by atoms with Crippen molar-refractivity contribution in [2.75, 3.05) is 0 Å². The summed E-state index contributed by atoms with van der Waals surface area (Å²) in [6.45, 7) is 0.267. The van der Waals surface area contributed by atoms with Crippen molar-refractivity contribution in [3.05, 3.63) is 66.1 Å². The van der Waals surface area contributed by atoms with E-state index < -0.39 is 0 Å². The van der Waals surface area contributed by atoms with Gasteiger partial charge in [0.25, 0.3) is 0 Å². The van der Waals surface area contributed by atoms with Crippen LogP contribution < -0.4 is 0 Å². The molecule has 110 valence electrons. The number of pyridine rings is 1. The molecule has 22 heavy (non-hydrogen) atoms. The van der Waals surface area contributed by atoms with Crippen LogP contribution in [0.1, 0.15) is 11.1 Å². The van der Waals surface area contributed by atoms with Crippen LogP contribution in [0.4, 0.5) is 0 Å². The second-order valence-electron chi connectivity index (χ2n) is 4.89. The van der Waals surface area contributed by atoms with Crippen LogP contribution in [0.5, 0.6) is 0 Å². The third-order valence-corrected chi connectivity index (χ3v) is 3.24. The molecule has 5 nitrogen and oxygen atoms in total. The summed E-state index contributed by atoms with van der Waals surface area (Å²) in [6, 6.07) is 11.5. The van der Waals surface area contributed by atoms with Gasteiger partial charge >= 0.3 is 5.97 Å². The van der Waals surface area contributed by atoms with E-state index >= 15 is 0 Å². The monoisotopic (exact) mass is 293 g/mol. The van der Waals surface area contributed by atoms with E-state index in [-0.39, 0.29) is 12.6 Å². The van der Waals surface area contributed by atoms with Crippen molar-refractivity contribution in [2.24, 2.45) is 7.05 Å². The standard InChI is InChI=1S/C17H15N3O2/c1-20-12-19-17-15(20)9-14(10-18-17)7-8-16(21)22-11-13-5-3-2-4-6-13/h2-10,12H,11H2,1H3/b8-7-. The summed E-state index contributed by atoms with van der Waals surface area (Å²) in [5, 5.41) is 0. The fourth-order valence-corrected chi connectivity index (χ4v) is 2.06. The van der Waals surface area contributed by atoms with E-state index in [0.717, 1.165) is 16.6 Å². The Morgan fingerprint density at radius 1 is 1.27 bits per heavy atom. The van der Waals surface area contributed by atoms with Gasteiger partial charge in [0.15, 0.2) is 5.65 Å². The summed E-state index contributed by atoms with van der Waals surface area (Å²) >= 11 is 0. The summed E-state index contributed by atoms with van der Waals surface area (Å²) in [4.78, 5) is 20.1. The van der Waals surface area contributed by atoms with Crippen LogP contribution in [0.15, 0.2) is 55.0 Å². The van der Waals surface area contributed by atoms with Crippen LogP contribution in [-0.2, 0) is 23.2 Å². The number of benzene rings is 1. The number of imidazole rings is 1. The minimum Gasteiger partial charge on any atom is -0.458 e. The average Bonchev–Trinajstić information content (AvgIpc) is 2.93. The molecule has 0 unspecified atom stereocenters. The Kier molecular flexibility index (Phi) is 3.96. The zero-order chi connectivity index (χ0) is 15.4. The number of ether oxygens (including phenoxy) is 1. The number of carbonyl (C=O) groups is 1. The van der Waals surface area contributed by atoms with Gasteiger partial charge in [0, 0.05) is 19.3 Å². The van der Waals surface area contributed by atoms with E-state index in [9.17, 15) is 4.79 Å². The second kappa shape index (κ2) is 6.22. The molecule has 2 heterocycles. The van der Waals surface area contributed by atoms with Crippen molar-refractivity contribution in [2.45, 2.75) is 6.61 Å². The number of hydrogen-bond acceptors (Lipinski definition) is 4. The molecule has 0 bridgehead atoms. The summed E-state index contributed by atoms with van der Waals surface area (Å²) < 4.78 is 7.06. The van der Waals surface area contributed by atoms with Gasteiger partial charge in [-0.25, -0.2) is 14.8 Å². The first-order valence-corrected chi connectivity index (χ1v) is 6.88. The lowest BCUT2D eigenvalue weighted by Gasteiger charge is -2.01. The first kappa shape index (κ1) is 14.0. The number of aromatic nitrogens is 3. The number of hydrogen-bond donors (Lipinski definition) is 0. The molecular formula is C17H15N3O2. The first-order chi connectivity index (χ1) is 10.7. The lowest BCUT2D eigenvalue weighted by Crippen LogP contribution is -2.00. The molecule has 0 atom stereocenters. The fraction of sp³-hybridized carbons (Fsp3) is 0.118. The maximum absolute atomic E-state index is 11.7. The van der Waals surface area contributed by atoms with Crippen molar-refractivity contribution in [1.82, 2.24) is 14.5 Å². The zero-order valence-electron chi connectivity index (χ0n) is 12.1. The van der Waals surface area contributed by atoms with E-state index in [0.29, 0.717) is 5.65 Å². The minimum atomic E-state index is -0.381. The van der Waals surface area contributed by atoms with Crippen LogP contribution in [0, 0.1) is 0 Å². The van der Waals surface area contributed by atoms with Crippen molar-refractivity contribution >= 4 is 23.2 Å². The van der Waals surface area contributed by atoms with Crippen molar-refractivity contribution in [3.63, 3.8) is 0 Å². The highest BCUT2D eigenvalue weighted by atomic mass is 16.5. The Hall–Kier alpha value is -2.95. The van der Waals surface area contributed by atoms with Gasteiger partial charge in [0.05, 0.1) is 11.8 Å². The molecule has 0 amide bonds. The fourth-order valence-electron chi connectivity index (χ4n) is 2.06. The van der Waals surface area contributed by atoms with Gasteiger partial charge in [0.1, 0.15) is 6.61 Å². The van der Waals surface area contributed by atoms with Gasteiger partial charge in [-0.05, 0) is 23.3 Å². The second-order valence-corrected chi connectivity index (χ2v) is 4.89. The molecule has 0 aliphatic rings. The molecule has 0 fully saturated rings. The van der Waals surface area contributed by atoms with Gasteiger partial charge in [-0.1, -0.05) is 30.3 Å². The Labute approximate surface area is 127 Å². The molecule has 1 aromatic carbocycles. The highest BCUT2D eigenvalue weighted by Gasteiger charge is 2.02. The van der Waals surface area contributed by atoms with Gasteiger partial charge in [-0.3, -0.25) is 0 Å². The summed E-state index contributed by atoms with van der Waals surface area (Å²) in [5.74, 6) is -0.381. The third-order valence-electron chi connectivity index (χ3n) is 3.24. The molecule has 0 saturated carbocycles. The Morgan fingerprint density at radius 2 is 2.09 bits per heavy atom. The normalized spacial score (nSPS) is 11.1. The topological polar surface area (TPSA) is 57.0 Å². The van der Waals surface area contributed by atoms with Crippen LogP contribution in [0.25, 0.3) is 17.2 Å². The van der Waals surface area contributed by atoms with E-state index in [1.807, 2.05) is 48.0 Å². The highest BCUT2D eigenvalue weighted by Crippen LogP contribution is 2.12.